The fraction of sp³-hybridized carbons (Fsp3) is 0.933. The minimum absolute atomic E-state index is 0.0342. The zero-order valence-electron chi connectivity index (χ0n) is 12.6. The van der Waals surface area contributed by atoms with Gasteiger partial charge in [0, 0.05) is 0 Å². The largest absolute Gasteiger partial charge is 0.461 e. The van der Waals surface area contributed by atoms with E-state index in [4.69, 9.17) is 4.74 Å². The van der Waals surface area contributed by atoms with Gasteiger partial charge >= 0.3 is 5.97 Å². The van der Waals surface area contributed by atoms with Crippen LogP contribution in [0, 0.1) is 11.8 Å². The Bertz CT molecular complexity index is 257. The zero-order valence-corrected chi connectivity index (χ0v) is 12.6. The number of carbonyl (C=O) groups is 1. The first-order valence-electron chi connectivity index (χ1n) is 7.30. The number of hydrogen-bond acceptors (Lipinski definition) is 3. The van der Waals surface area contributed by atoms with Crippen LogP contribution in [0.15, 0.2) is 0 Å². The third-order valence-corrected chi connectivity index (χ3v) is 4.18. The van der Waals surface area contributed by atoms with Crippen LogP contribution >= 0.6 is 0 Å². The summed E-state index contributed by atoms with van der Waals surface area (Å²) in [6.07, 6.45) is 5.93. The first-order valence-corrected chi connectivity index (χ1v) is 7.30. The van der Waals surface area contributed by atoms with Crippen LogP contribution in [-0.4, -0.2) is 37.1 Å². The van der Waals surface area contributed by atoms with Gasteiger partial charge in [-0.15, -0.1) is 0 Å². The van der Waals surface area contributed by atoms with E-state index in [1.54, 1.807) is 0 Å². The Morgan fingerprint density at radius 3 is 2.11 bits per heavy atom. The molecule has 3 heteroatoms. The van der Waals surface area contributed by atoms with Crippen molar-refractivity contribution in [2.45, 2.75) is 65.0 Å². The maximum absolute atomic E-state index is 12.3. The van der Waals surface area contributed by atoms with Crippen molar-refractivity contribution in [3.63, 3.8) is 0 Å². The van der Waals surface area contributed by atoms with Crippen molar-refractivity contribution in [3.8, 4) is 0 Å². The number of esters is 1. The van der Waals surface area contributed by atoms with Crippen molar-refractivity contribution in [2.24, 2.45) is 11.8 Å². The molecule has 1 fully saturated rings. The van der Waals surface area contributed by atoms with Gasteiger partial charge in [-0.1, -0.05) is 27.2 Å². The lowest BCUT2D eigenvalue weighted by atomic mass is 9.89. The van der Waals surface area contributed by atoms with Crippen LogP contribution < -0.4 is 0 Å². The SMILES string of the molecule is CC(C)[C@H](C)[C@@H](C(=O)OC1CCCCC1)N(C)C. The van der Waals surface area contributed by atoms with E-state index >= 15 is 0 Å². The lowest BCUT2D eigenvalue weighted by molar-refractivity contribution is -0.158. The van der Waals surface area contributed by atoms with E-state index in [0.29, 0.717) is 11.8 Å². The second-order valence-corrected chi connectivity index (χ2v) is 6.21. The molecule has 0 aliphatic heterocycles. The second kappa shape index (κ2) is 7.13. The monoisotopic (exact) mass is 255 g/mol. The minimum Gasteiger partial charge on any atom is -0.461 e. The maximum Gasteiger partial charge on any atom is 0.323 e. The summed E-state index contributed by atoms with van der Waals surface area (Å²) in [5, 5.41) is 0. The van der Waals surface area contributed by atoms with Gasteiger partial charge in [-0.3, -0.25) is 9.69 Å². The molecular weight excluding hydrogens is 226 g/mol. The molecule has 0 spiro atoms. The van der Waals surface area contributed by atoms with Gasteiger partial charge in [0.15, 0.2) is 0 Å². The summed E-state index contributed by atoms with van der Waals surface area (Å²) < 4.78 is 5.71. The summed E-state index contributed by atoms with van der Waals surface area (Å²) in [5.41, 5.74) is 0. The molecule has 0 aromatic rings. The Labute approximate surface area is 112 Å². The van der Waals surface area contributed by atoms with E-state index in [1.807, 2.05) is 19.0 Å². The van der Waals surface area contributed by atoms with Gasteiger partial charge in [-0.25, -0.2) is 0 Å². The molecule has 0 N–H and O–H groups in total. The van der Waals surface area contributed by atoms with Crippen molar-refractivity contribution in [2.75, 3.05) is 14.1 Å². The molecular formula is C15H29NO2. The molecule has 0 unspecified atom stereocenters. The van der Waals surface area contributed by atoms with Crippen LogP contribution in [0.25, 0.3) is 0 Å². The second-order valence-electron chi connectivity index (χ2n) is 6.21. The van der Waals surface area contributed by atoms with Crippen LogP contribution in [0.4, 0.5) is 0 Å². The molecule has 1 saturated carbocycles. The molecule has 0 radical (unpaired) electrons. The molecule has 0 amide bonds. The first kappa shape index (κ1) is 15.5. The van der Waals surface area contributed by atoms with Crippen molar-refractivity contribution in [3.05, 3.63) is 0 Å². The normalized spacial score (nSPS) is 21.1. The molecule has 0 heterocycles. The molecule has 0 saturated heterocycles. The van der Waals surface area contributed by atoms with Crippen LogP contribution in [0.2, 0.25) is 0 Å². The maximum atomic E-state index is 12.3. The molecule has 1 rings (SSSR count). The van der Waals surface area contributed by atoms with Crippen LogP contribution in [-0.2, 0) is 9.53 Å². The Hall–Kier alpha value is -0.570. The highest BCUT2D eigenvalue weighted by molar-refractivity contribution is 5.76. The molecule has 106 valence electrons. The molecule has 1 aliphatic carbocycles. The summed E-state index contributed by atoms with van der Waals surface area (Å²) >= 11 is 0. The molecule has 0 bridgehead atoms. The van der Waals surface area contributed by atoms with Crippen molar-refractivity contribution < 1.29 is 9.53 Å². The summed E-state index contributed by atoms with van der Waals surface area (Å²) in [6, 6.07) is -0.119. The van der Waals surface area contributed by atoms with Gasteiger partial charge in [0.25, 0.3) is 0 Å². The molecule has 3 nitrogen and oxygen atoms in total. The first-order chi connectivity index (χ1) is 8.43. The summed E-state index contributed by atoms with van der Waals surface area (Å²) in [6.45, 7) is 6.46. The summed E-state index contributed by atoms with van der Waals surface area (Å²) in [7, 11) is 3.93. The number of nitrogens with zero attached hydrogens (tertiary/aromatic N) is 1. The van der Waals surface area contributed by atoms with Gasteiger partial charge in [0.2, 0.25) is 0 Å². The third kappa shape index (κ3) is 4.27. The Morgan fingerprint density at radius 2 is 1.67 bits per heavy atom. The fourth-order valence-corrected chi connectivity index (χ4v) is 2.68. The quantitative estimate of drug-likeness (QED) is 0.707. The minimum atomic E-state index is -0.119. The van der Waals surface area contributed by atoms with Crippen molar-refractivity contribution in [1.82, 2.24) is 4.90 Å². The van der Waals surface area contributed by atoms with Crippen molar-refractivity contribution >= 4 is 5.97 Å². The number of carbonyl (C=O) groups excluding carboxylic acids is 1. The van der Waals surface area contributed by atoms with E-state index in [-0.39, 0.29) is 18.1 Å². The average Bonchev–Trinajstić information content (AvgIpc) is 2.29. The smallest absolute Gasteiger partial charge is 0.323 e. The van der Waals surface area contributed by atoms with Crippen LogP contribution in [0.1, 0.15) is 52.9 Å². The molecule has 0 aromatic carbocycles. The predicted octanol–water partition coefficient (Wildman–Crippen LogP) is 3.08. The van der Waals surface area contributed by atoms with Gasteiger partial charge in [-0.05, 0) is 51.6 Å². The lowest BCUT2D eigenvalue weighted by Gasteiger charge is -2.32. The van der Waals surface area contributed by atoms with E-state index in [2.05, 4.69) is 20.8 Å². The van der Waals surface area contributed by atoms with Crippen LogP contribution in [0.5, 0.6) is 0 Å². The molecule has 2 atom stereocenters. The Morgan fingerprint density at radius 1 is 1.11 bits per heavy atom. The van der Waals surface area contributed by atoms with E-state index in [0.717, 1.165) is 12.8 Å². The topological polar surface area (TPSA) is 29.5 Å². The standard InChI is InChI=1S/C15H29NO2/c1-11(2)12(3)14(16(4)5)15(17)18-13-9-7-6-8-10-13/h11-14H,6-10H2,1-5H3/t12-,14-/m0/s1. The van der Waals surface area contributed by atoms with Gasteiger partial charge in [0.05, 0.1) is 0 Å². The van der Waals surface area contributed by atoms with Crippen LogP contribution in [0.3, 0.4) is 0 Å². The lowest BCUT2D eigenvalue weighted by Crippen LogP contribution is -2.45. The highest BCUT2D eigenvalue weighted by Gasteiger charge is 2.32. The van der Waals surface area contributed by atoms with E-state index in [1.165, 1.54) is 19.3 Å². The number of rotatable bonds is 5. The van der Waals surface area contributed by atoms with E-state index in [9.17, 15) is 4.79 Å². The number of ether oxygens (including phenoxy) is 1. The van der Waals surface area contributed by atoms with E-state index < -0.39 is 0 Å². The van der Waals surface area contributed by atoms with Gasteiger partial charge < -0.3 is 4.74 Å². The summed E-state index contributed by atoms with van der Waals surface area (Å²) in [4.78, 5) is 14.3. The molecule has 18 heavy (non-hydrogen) atoms. The van der Waals surface area contributed by atoms with Crippen molar-refractivity contribution in [1.29, 1.82) is 0 Å². The highest BCUT2D eigenvalue weighted by Crippen LogP contribution is 2.24. The summed E-state index contributed by atoms with van der Waals surface area (Å²) in [5.74, 6) is 0.764. The highest BCUT2D eigenvalue weighted by atomic mass is 16.5. The Kier molecular flexibility index (Phi) is 6.13. The molecule has 0 aromatic heterocycles. The zero-order chi connectivity index (χ0) is 13.7. The number of likely N-dealkylation sites (N-methyl/N-ethyl adjacent to an activating group) is 1. The fourth-order valence-electron chi connectivity index (χ4n) is 2.68. The third-order valence-electron chi connectivity index (χ3n) is 4.18. The van der Waals surface area contributed by atoms with Gasteiger partial charge in [-0.2, -0.15) is 0 Å². The Balaban J connectivity index is 2.59. The average molecular weight is 255 g/mol. The van der Waals surface area contributed by atoms with Gasteiger partial charge in [0.1, 0.15) is 12.1 Å². The number of hydrogen-bond donors (Lipinski definition) is 0. The predicted molar refractivity (Wildman–Crippen MR) is 74.4 cm³/mol. The molecule has 1 aliphatic rings.